The van der Waals surface area contributed by atoms with Crippen molar-refractivity contribution < 1.29 is 33.2 Å². The maximum atomic E-state index is 11.2. The largest absolute Gasteiger partial charge is 0.460 e. The summed E-state index contributed by atoms with van der Waals surface area (Å²) in [4.78, 5) is 11.2. The van der Waals surface area contributed by atoms with E-state index in [2.05, 4.69) is 6.58 Å². The van der Waals surface area contributed by atoms with E-state index >= 15 is 0 Å². The highest BCUT2D eigenvalue weighted by atomic mass is 16.8. The fourth-order valence-corrected chi connectivity index (χ4v) is 4.67. The molecule has 2 saturated carbocycles. The van der Waals surface area contributed by atoms with E-state index in [-0.39, 0.29) is 31.5 Å². The molecule has 7 heteroatoms. The second-order valence-electron chi connectivity index (χ2n) is 7.88. The van der Waals surface area contributed by atoms with Gasteiger partial charge in [0.1, 0.15) is 24.9 Å². The second-order valence-corrected chi connectivity index (χ2v) is 7.88. The van der Waals surface area contributed by atoms with E-state index < -0.39 is 17.5 Å². The standard InChI is InChI=1S/C20H30O7/c1-2-17(21)22-11-12-23-18(15-13-24-19(26-15)7-3-4-8-19)16-14-25-20(27-16)9-5-6-10-20/h2,15-16,18H,1,3-14H2. The number of ether oxygens (including phenoxy) is 6. The topological polar surface area (TPSA) is 72.5 Å². The molecule has 0 radical (unpaired) electrons. The summed E-state index contributed by atoms with van der Waals surface area (Å²) in [5.41, 5.74) is 0. The van der Waals surface area contributed by atoms with Gasteiger partial charge in [0.2, 0.25) is 0 Å². The molecule has 2 heterocycles. The lowest BCUT2D eigenvalue weighted by atomic mass is 10.1. The van der Waals surface area contributed by atoms with Crippen molar-refractivity contribution in [2.24, 2.45) is 0 Å². The summed E-state index contributed by atoms with van der Waals surface area (Å²) in [6.07, 6.45) is 8.65. The zero-order valence-electron chi connectivity index (χ0n) is 15.9. The minimum absolute atomic E-state index is 0.165. The first-order valence-electron chi connectivity index (χ1n) is 10.2. The van der Waals surface area contributed by atoms with Gasteiger partial charge in [0.05, 0.1) is 19.8 Å². The number of esters is 1. The lowest BCUT2D eigenvalue weighted by Crippen LogP contribution is -2.45. The van der Waals surface area contributed by atoms with Gasteiger partial charge in [0, 0.05) is 31.8 Å². The second kappa shape index (κ2) is 8.17. The van der Waals surface area contributed by atoms with Gasteiger partial charge >= 0.3 is 5.97 Å². The van der Waals surface area contributed by atoms with Crippen LogP contribution < -0.4 is 0 Å². The Labute approximate surface area is 160 Å². The molecule has 7 nitrogen and oxygen atoms in total. The molecular formula is C20H30O7. The van der Waals surface area contributed by atoms with Gasteiger partial charge in [-0.25, -0.2) is 4.79 Å². The van der Waals surface area contributed by atoms with Crippen LogP contribution in [-0.2, 0) is 33.2 Å². The molecule has 4 fully saturated rings. The Hall–Kier alpha value is -0.990. The van der Waals surface area contributed by atoms with Crippen LogP contribution in [0.4, 0.5) is 0 Å². The van der Waals surface area contributed by atoms with Crippen molar-refractivity contribution in [3.05, 3.63) is 12.7 Å². The third-order valence-corrected chi connectivity index (χ3v) is 6.02. The van der Waals surface area contributed by atoms with Crippen molar-refractivity contribution in [1.82, 2.24) is 0 Å². The van der Waals surface area contributed by atoms with Gasteiger partial charge in [-0.15, -0.1) is 0 Å². The summed E-state index contributed by atoms with van der Waals surface area (Å²) in [5, 5.41) is 0. The monoisotopic (exact) mass is 382 g/mol. The maximum absolute atomic E-state index is 11.2. The summed E-state index contributed by atoms with van der Waals surface area (Å²) in [6.45, 7) is 4.81. The van der Waals surface area contributed by atoms with Crippen molar-refractivity contribution in [2.75, 3.05) is 26.4 Å². The molecule has 4 aliphatic rings. The fraction of sp³-hybridized carbons (Fsp3) is 0.850. The first-order chi connectivity index (χ1) is 13.1. The molecule has 4 rings (SSSR count). The number of hydrogen-bond acceptors (Lipinski definition) is 7. The lowest BCUT2D eigenvalue weighted by molar-refractivity contribution is -0.205. The minimum Gasteiger partial charge on any atom is -0.460 e. The Morgan fingerprint density at radius 2 is 1.48 bits per heavy atom. The van der Waals surface area contributed by atoms with E-state index in [0.29, 0.717) is 13.2 Å². The molecule has 0 bridgehead atoms. The van der Waals surface area contributed by atoms with Crippen LogP contribution in [-0.4, -0.2) is 62.3 Å². The van der Waals surface area contributed by atoms with Gasteiger partial charge in [-0.2, -0.15) is 0 Å². The van der Waals surface area contributed by atoms with Gasteiger partial charge in [-0.05, 0) is 25.7 Å². The maximum Gasteiger partial charge on any atom is 0.330 e. The molecule has 27 heavy (non-hydrogen) atoms. The molecule has 0 N–H and O–H groups in total. The Balaban J connectivity index is 1.38. The van der Waals surface area contributed by atoms with Gasteiger partial charge in [-0.1, -0.05) is 6.58 Å². The van der Waals surface area contributed by atoms with Gasteiger partial charge in [0.15, 0.2) is 11.6 Å². The third kappa shape index (κ3) is 4.22. The molecule has 0 aromatic heterocycles. The van der Waals surface area contributed by atoms with E-state index in [1.807, 2.05) is 0 Å². The van der Waals surface area contributed by atoms with Crippen molar-refractivity contribution in [3.8, 4) is 0 Å². The van der Waals surface area contributed by atoms with Crippen LogP contribution in [0.25, 0.3) is 0 Å². The molecule has 2 aliphatic heterocycles. The zero-order chi connectivity index (χ0) is 18.7. The number of rotatable bonds is 7. The number of hydrogen-bond donors (Lipinski definition) is 0. The average molecular weight is 382 g/mol. The SMILES string of the molecule is C=CC(=O)OCCOC(C1COC2(CCCC2)O1)C1COC2(CCCC2)O1. The normalized spacial score (nSPS) is 32.3. The molecule has 2 atom stereocenters. The molecule has 0 aromatic rings. The summed E-state index contributed by atoms with van der Waals surface area (Å²) in [6, 6.07) is 0. The molecule has 0 amide bonds. The fourth-order valence-electron chi connectivity index (χ4n) is 4.67. The van der Waals surface area contributed by atoms with Crippen LogP contribution in [0.2, 0.25) is 0 Å². The molecule has 2 unspecified atom stereocenters. The smallest absolute Gasteiger partial charge is 0.330 e. The van der Waals surface area contributed by atoms with Crippen LogP contribution in [0.15, 0.2) is 12.7 Å². The summed E-state index contributed by atoms with van der Waals surface area (Å²) < 4.78 is 35.8. The zero-order valence-corrected chi connectivity index (χ0v) is 15.9. The molecule has 2 spiro atoms. The Morgan fingerprint density at radius 1 is 0.963 bits per heavy atom. The highest BCUT2D eigenvalue weighted by molar-refractivity contribution is 5.81. The van der Waals surface area contributed by atoms with E-state index in [9.17, 15) is 4.79 Å². The van der Waals surface area contributed by atoms with E-state index in [4.69, 9.17) is 28.4 Å². The van der Waals surface area contributed by atoms with Crippen molar-refractivity contribution >= 4 is 5.97 Å². The first-order valence-corrected chi connectivity index (χ1v) is 10.2. The summed E-state index contributed by atoms with van der Waals surface area (Å²) in [7, 11) is 0. The summed E-state index contributed by atoms with van der Waals surface area (Å²) >= 11 is 0. The van der Waals surface area contributed by atoms with Crippen LogP contribution >= 0.6 is 0 Å². The van der Waals surface area contributed by atoms with Crippen LogP contribution in [0.5, 0.6) is 0 Å². The van der Waals surface area contributed by atoms with E-state index in [0.717, 1.165) is 57.4 Å². The predicted octanol–water partition coefficient (Wildman–Crippen LogP) is 2.47. The van der Waals surface area contributed by atoms with Crippen LogP contribution in [0, 0.1) is 0 Å². The number of carbonyl (C=O) groups excluding carboxylic acids is 1. The highest BCUT2D eigenvalue weighted by Gasteiger charge is 2.52. The van der Waals surface area contributed by atoms with Gasteiger partial charge < -0.3 is 28.4 Å². The molecule has 2 saturated heterocycles. The van der Waals surface area contributed by atoms with Gasteiger partial charge in [0.25, 0.3) is 0 Å². The molecule has 152 valence electrons. The quantitative estimate of drug-likeness (QED) is 0.380. The molecular weight excluding hydrogens is 352 g/mol. The Morgan fingerprint density at radius 3 is 1.96 bits per heavy atom. The van der Waals surface area contributed by atoms with E-state index in [1.54, 1.807) is 0 Å². The average Bonchev–Trinajstić information content (AvgIpc) is 3.47. The lowest BCUT2D eigenvalue weighted by Gasteiger charge is -2.30. The number of carbonyl (C=O) groups is 1. The van der Waals surface area contributed by atoms with Crippen molar-refractivity contribution in [1.29, 1.82) is 0 Å². The minimum atomic E-state index is -0.453. The third-order valence-electron chi connectivity index (χ3n) is 6.02. The molecule has 2 aliphatic carbocycles. The van der Waals surface area contributed by atoms with Crippen molar-refractivity contribution in [3.63, 3.8) is 0 Å². The van der Waals surface area contributed by atoms with Crippen LogP contribution in [0.1, 0.15) is 51.4 Å². The Bertz CT molecular complexity index is 502. The molecule has 0 aromatic carbocycles. The van der Waals surface area contributed by atoms with Crippen LogP contribution in [0.3, 0.4) is 0 Å². The summed E-state index contributed by atoms with van der Waals surface area (Å²) in [5.74, 6) is -1.36. The first kappa shape index (κ1) is 19.3. The predicted molar refractivity (Wildman–Crippen MR) is 94.9 cm³/mol. The highest BCUT2D eigenvalue weighted by Crippen LogP contribution is 2.44. The van der Waals surface area contributed by atoms with E-state index in [1.165, 1.54) is 0 Å². The van der Waals surface area contributed by atoms with Crippen molar-refractivity contribution in [2.45, 2.75) is 81.3 Å². The van der Waals surface area contributed by atoms with Gasteiger partial charge in [-0.3, -0.25) is 0 Å². The Kier molecular flexibility index (Phi) is 5.85.